The van der Waals surface area contributed by atoms with Crippen molar-refractivity contribution in [3.05, 3.63) is 22.8 Å². The highest BCUT2D eigenvalue weighted by Gasteiger charge is 2.30. The molecule has 0 unspecified atom stereocenters. The minimum Gasteiger partial charge on any atom is -0.354 e. The molecule has 118 valence electrons. The average molecular weight is 310 g/mol. The first-order valence-electron chi connectivity index (χ1n) is 8.11. The number of rotatable bonds is 8. The molecule has 0 radical (unpaired) electrons. The highest BCUT2D eigenvalue weighted by molar-refractivity contribution is 6.31. The van der Waals surface area contributed by atoms with Gasteiger partial charge in [-0.15, -0.1) is 0 Å². The normalized spacial score (nSPS) is 15.0. The van der Waals surface area contributed by atoms with Crippen LogP contribution in [-0.2, 0) is 6.54 Å². The molecule has 1 aliphatic carbocycles. The predicted molar refractivity (Wildman–Crippen MR) is 91.0 cm³/mol. The zero-order valence-corrected chi connectivity index (χ0v) is 14.5. The molecule has 21 heavy (non-hydrogen) atoms. The molecule has 1 N–H and O–H groups in total. The van der Waals surface area contributed by atoms with Crippen LogP contribution >= 0.6 is 11.6 Å². The van der Waals surface area contributed by atoms with Crippen LogP contribution in [-0.4, -0.2) is 23.6 Å². The van der Waals surface area contributed by atoms with Crippen molar-refractivity contribution in [3.63, 3.8) is 0 Å². The molecule has 4 heteroatoms. The Hall–Kier alpha value is -0.800. The van der Waals surface area contributed by atoms with Gasteiger partial charge in [0.2, 0.25) is 0 Å². The molecule has 0 aliphatic heterocycles. The van der Waals surface area contributed by atoms with Gasteiger partial charge in [-0.05, 0) is 36.8 Å². The van der Waals surface area contributed by atoms with Crippen LogP contribution in [0, 0.1) is 5.92 Å². The van der Waals surface area contributed by atoms with Crippen LogP contribution in [0.25, 0.3) is 0 Å². The minimum atomic E-state index is 0.457. The van der Waals surface area contributed by atoms with Gasteiger partial charge in [-0.25, -0.2) is 4.98 Å². The van der Waals surface area contributed by atoms with E-state index in [1.165, 1.54) is 19.3 Å². The first-order valence-corrected chi connectivity index (χ1v) is 8.49. The van der Waals surface area contributed by atoms with Crippen molar-refractivity contribution in [1.29, 1.82) is 0 Å². The molecule has 1 heterocycles. The predicted octanol–water partition coefficient (Wildman–Crippen LogP) is 4.25. The van der Waals surface area contributed by atoms with Crippen molar-refractivity contribution in [2.24, 2.45) is 5.92 Å². The van der Waals surface area contributed by atoms with Crippen molar-refractivity contribution in [1.82, 2.24) is 10.3 Å². The number of nitrogens with zero attached hydrogens (tertiary/aromatic N) is 2. The molecular formula is C17H28ClN3. The van der Waals surface area contributed by atoms with Crippen LogP contribution in [0.15, 0.2) is 12.3 Å². The monoisotopic (exact) mass is 309 g/mol. The lowest BCUT2D eigenvalue weighted by atomic mass is 10.1. The summed E-state index contributed by atoms with van der Waals surface area (Å²) in [7, 11) is 0. The molecule has 0 aromatic carbocycles. The van der Waals surface area contributed by atoms with E-state index in [4.69, 9.17) is 11.6 Å². The summed E-state index contributed by atoms with van der Waals surface area (Å²) in [6.07, 6.45) is 5.60. The summed E-state index contributed by atoms with van der Waals surface area (Å²) in [5, 5.41) is 4.19. The summed E-state index contributed by atoms with van der Waals surface area (Å²) in [6, 6.07) is 3.30. The zero-order chi connectivity index (χ0) is 15.4. The van der Waals surface area contributed by atoms with Crippen LogP contribution in [0.4, 0.5) is 5.82 Å². The van der Waals surface area contributed by atoms with Gasteiger partial charge < -0.3 is 10.2 Å². The number of nitrogens with one attached hydrogen (secondary N) is 1. The Bertz CT molecular complexity index is 455. The lowest BCUT2D eigenvalue weighted by molar-refractivity contribution is 0.567. The van der Waals surface area contributed by atoms with Gasteiger partial charge in [0, 0.05) is 31.4 Å². The molecule has 1 aliphatic rings. The summed E-state index contributed by atoms with van der Waals surface area (Å²) in [5.74, 6) is 1.81. The van der Waals surface area contributed by atoms with Crippen molar-refractivity contribution >= 4 is 17.4 Å². The molecule has 0 saturated heterocycles. The van der Waals surface area contributed by atoms with Crippen molar-refractivity contribution in [2.75, 3.05) is 11.4 Å². The summed E-state index contributed by atoms with van der Waals surface area (Å²) < 4.78 is 0. The SMILES string of the molecule is CC(C)CCN(c1cc(CNC(C)C)c(Cl)cn1)C1CC1. The number of hydrogen-bond donors (Lipinski definition) is 1. The highest BCUT2D eigenvalue weighted by atomic mass is 35.5. The van der Waals surface area contributed by atoms with E-state index in [2.05, 4.69) is 49.0 Å². The smallest absolute Gasteiger partial charge is 0.129 e. The maximum atomic E-state index is 6.29. The van der Waals surface area contributed by atoms with E-state index in [-0.39, 0.29) is 0 Å². The van der Waals surface area contributed by atoms with E-state index in [0.717, 1.165) is 35.4 Å². The van der Waals surface area contributed by atoms with Gasteiger partial charge in [-0.1, -0.05) is 39.3 Å². The molecule has 1 fully saturated rings. The molecule has 3 nitrogen and oxygen atoms in total. The van der Waals surface area contributed by atoms with E-state index >= 15 is 0 Å². The van der Waals surface area contributed by atoms with Crippen LogP contribution in [0.5, 0.6) is 0 Å². The van der Waals surface area contributed by atoms with Crippen LogP contribution in [0.3, 0.4) is 0 Å². The summed E-state index contributed by atoms with van der Waals surface area (Å²) >= 11 is 6.29. The van der Waals surface area contributed by atoms with Gasteiger partial charge in [0.05, 0.1) is 5.02 Å². The molecule has 2 rings (SSSR count). The molecule has 1 saturated carbocycles. The summed E-state index contributed by atoms with van der Waals surface area (Å²) in [6.45, 7) is 10.7. The minimum absolute atomic E-state index is 0.457. The Morgan fingerprint density at radius 3 is 2.62 bits per heavy atom. The highest BCUT2D eigenvalue weighted by Crippen LogP contribution is 2.32. The Labute approximate surface area is 134 Å². The Kier molecular flexibility index (Phi) is 5.88. The van der Waals surface area contributed by atoms with Gasteiger partial charge >= 0.3 is 0 Å². The lowest BCUT2D eigenvalue weighted by Crippen LogP contribution is -2.29. The quantitative estimate of drug-likeness (QED) is 0.778. The third kappa shape index (κ3) is 5.15. The zero-order valence-electron chi connectivity index (χ0n) is 13.7. The standard InChI is InChI=1S/C17H28ClN3/c1-12(2)7-8-21(15-5-6-15)17-9-14(10-19-13(3)4)16(18)11-20-17/h9,11-13,15,19H,5-8,10H2,1-4H3. The Morgan fingerprint density at radius 1 is 1.33 bits per heavy atom. The maximum Gasteiger partial charge on any atom is 0.129 e. The van der Waals surface area contributed by atoms with Gasteiger partial charge in [-0.3, -0.25) is 0 Å². The van der Waals surface area contributed by atoms with E-state index in [1.54, 1.807) is 6.20 Å². The van der Waals surface area contributed by atoms with E-state index in [9.17, 15) is 0 Å². The molecule has 1 aromatic rings. The second-order valence-corrected chi connectivity index (χ2v) is 7.18. The molecular weight excluding hydrogens is 282 g/mol. The van der Waals surface area contributed by atoms with Gasteiger partial charge in [-0.2, -0.15) is 0 Å². The summed E-state index contributed by atoms with van der Waals surface area (Å²) in [5.41, 5.74) is 1.14. The molecule has 0 spiro atoms. The molecule has 0 atom stereocenters. The van der Waals surface area contributed by atoms with Crippen LogP contribution < -0.4 is 10.2 Å². The first kappa shape index (κ1) is 16.6. The first-order chi connectivity index (χ1) is 9.97. The van der Waals surface area contributed by atoms with E-state index < -0.39 is 0 Å². The molecule has 1 aromatic heterocycles. The number of pyridine rings is 1. The second kappa shape index (κ2) is 7.46. The average Bonchev–Trinajstić information content (AvgIpc) is 3.23. The fourth-order valence-electron chi connectivity index (χ4n) is 2.34. The van der Waals surface area contributed by atoms with Crippen LogP contribution in [0.2, 0.25) is 5.02 Å². The molecule has 0 amide bonds. The third-order valence-electron chi connectivity index (χ3n) is 3.85. The van der Waals surface area contributed by atoms with Gasteiger partial charge in [0.15, 0.2) is 0 Å². The Morgan fingerprint density at radius 2 is 2.05 bits per heavy atom. The maximum absolute atomic E-state index is 6.29. The van der Waals surface area contributed by atoms with Crippen molar-refractivity contribution in [3.8, 4) is 0 Å². The van der Waals surface area contributed by atoms with E-state index in [1.807, 2.05) is 0 Å². The van der Waals surface area contributed by atoms with Crippen molar-refractivity contribution < 1.29 is 0 Å². The largest absolute Gasteiger partial charge is 0.354 e. The third-order valence-corrected chi connectivity index (χ3v) is 4.19. The topological polar surface area (TPSA) is 28.2 Å². The second-order valence-electron chi connectivity index (χ2n) is 6.78. The molecule has 0 bridgehead atoms. The fourth-order valence-corrected chi connectivity index (χ4v) is 2.51. The number of aromatic nitrogens is 1. The number of halogens is 1. The Balaban J connectivity index is 2.10. The van der Waals surface area contributed by atoms with Crippen molar-refractivity contribution in [2.45, 2.75) is 65.6 Å². The summed E-state index contributed by atoms with van der Waals surface area (Å²) in [4.78, 5) is 7.04. The van der Waals surface area contributed by atoms with E-state index in [0.29, 0.717) is 12.1 Å². The fraction of sp³-hybridized carbons (Fsp3) is 0.706. The number of hydrogen-bond acceptors (Lipinski definition) is 3. The number of anilines is 1. The lowest BCUT2D eigenvalue weighted by Gasteiger charge is -2.25. The van der Waals surface area contributed by atoms with Gasteiger partial charge in [0.25, 0.3) is 0 Å². The van der Waals surface area contributed by atoms with Gasteiger partial charge in [0.1, 0.15) is 5.82 Å². The van der Waals surface area contributed by atoms with Crippen LogP contribution in [0.1, 0.15) is 52.5 Å².